The van der Waals surface area contributed by atoms with Gasteiger partial charge >= 0.3 is 0 Å². The largest absolute Gasteiger partial charge is 0.305 e. The fourth-order valence-corrected chi connectivity index (χ4v) is 2.67. The van der Waals surface area contributed by atoms with Gasteiger partial charge < -0.3 is 4.90 Å². The molecule has 1 aliphatic heterocycles. The SMILES string of the molecule is C[C](C)c1cc(F)cc(CN2CCC(N(C)C)C2)c1. The zero-order valence-corrected chi connectivity index (χ0v) is 12.4. The molecule has 1 unspecified atom stereocenters. The lowest BCUT2D eigenvalue weighted by Gasteiger charge is -2.20. The normalized spacial score (nSPS) is 20.7. The monoisotopic (exact) mass is 263 g/mol. The Morgan fingerprint density at radius 3 is 2.63 bits per heavy atom. The Morgan fingerprint density at radius 1 is 1.32 bits per heavy atom. The molecule has 1 aliphatic rings. The van der Waals surface area contributed by atoms with Gasteiger partial charge in [0.1, 0.15) is 5.82 Å². The first-order chi connectivity index (χ1) is 8.95. The Bertz CT molecular complexity index is 429. The molecule has 1 heterocycles. The van der Waals surface area contributed by atoms with E-state index in [4.69, 9.17) is 0 Å². The summed E-state index contributed by atoms with van der Waals surface area (Å²) in [5.74, 6) is 1.03. The zero-order chi connectivity index (χ0) is 14.0. The van der Waals surface area contributed by atoms with E-state index < -0.39 is 0 Å². The van der Waals surface area contributed by atoms with Crippen molar-refractivity contribution in [3.05, 3.63) is 41.1 Å². The number of hydrogen-bond acceptors (Lipinski definition) is 2. The highest BCUT2D eigenvalue weighted by Crippen LogP contribution is 2.21. The third-order valence-electron chi connectivity index (χ3n) is 3.92. The topological polar surface area (TPSA) is 6.48 Å². The minimum atomic E-state index is -0.128. The summed E-state index contributed by atoms with van der Waals surface area (Å²) in [6, 6.07) is 6.02. The number of hydrogen-bond donors (Lipinski definition) is 0. The third-order valence-corrected chi connectivity index (χ3v) is 3.92. The molecule has 0 spiro atoms. The van der Waals surface area contributed by atoms with Gasteiger partial charge in [0.05, 0.1) is 0 Å². The van der Waals surface area contributed by atoms with Crippen molar-refractivity contribution in [2.24, 2.45) is 0 Å². The maximum absolute atomic E-state index is 13.6. The Kier molecular flexibility index (Phi) is 4.58. The molecule has 1 radical (unpaired) electrons. The third kappa shape index (κ3) is 3.77. The van der Waals surface area contributed by atoms with E-state index in [2.05, 4.69) is 30.0 Å². The van der Waals surface area contributed by atoms with Crippen molar-refractivity contribution >= 4 is 0 Å². The van der Waals surface area contributed by atoms with Gasteiger partial charge in [-0.05, 0) is 49.7 Å². The van der Waals surface area contributed by atoms with Crippen LogP contribution < -0.4 is 0 Å². The van der Waals surface area contributed by atoms with Gasteiger partial charge in [0, 0.05) is 25.7 Å². The van der Waals surface area contributed by atoms with Gasteiger partial charge in [0.15, 0.2) is 0 Å². The van der Waals surface area contributed by atoms with E-state index in [1.807, 2.05) is 13.8 Å². The predicted octanol–water partition coefficient (Wildman–Crippen LogP) is 2.92. The Labute approximate surface area is 116 Å². The summed E-state index contributed by atoms with van der Waals surface area (Å²) in [7, 11) is 4.26. The summed E-state index contributed by atoms with van der Waals surface area (Å²) in [5, 5.41) is 0. The van der Waals surface area contributed by atoms with Gasteiger partial charge in [-0.1, -0.05) is 19.9 Å². The van der Waals surface area contributed by atoms with Crippen molar-refractivity contribution in [1.29, 1.82) is 0 Å². The predicted molar refractivity (Wildman–Crippen MR) is 77.5 cm³/mol. The molecule has 0 saturated carbocycles. The molecule has 1 aromatic rings. The molecule has 19 heavy (non-hydrogen) atoms. The van der Waals surface area contributed by atoms with E-state index in [1.165, 1.54) is 6.42 Å². The second-order valence-electron chi connectivity index (χ2n) is 5.99. The molecule has 2 rings (SSSR count). The van der Waals surface area contributed by atoms with E-state index in [9.17, 15) is 4.39 Å². The summed E-state index contributed by atoms with van der Waals surface area (Å²) < 4.78 is 13.6. The summed E-state index contributed by atoms with van der Waals surface area (Å²) in [6.07, 6.45) is 1.20. The lowest BCUT2D eigenvalue weighted by atomic mass is 10.0. The Balaban J connectivity index is 2.04. The second kappa shape index (κ2) is 6.02. The van der Waals surface area contributed by atoms with Crippen LogP contribution in [-0.2, 0) is 6.54 Å². The van der Waals surface area contributed by atoms with Gasteiger partial charge in [0.25, 0.3) is 0 Å². The van der Waals surface area contributed by atoms with Crippen LogP contribution in [0.3, 0.4) is 0 Å². The van der Waals surface area contributed by atoms with Crippen LogP contribution in [0.1, 0.15) is 31.4 Å². The number of halogens is 1. The van der Waals surface area contributed by atoms with Crippen LogP contribution in [0.25, 0.3) is 0 Å². The van der Waals surface area contributed by atoms with Crippen molar-refractivity contribution in [3.8, 4) is 0 Å². The van der Waals surface area contributed by atoms with Crippen molar-refractivity contribution < 1.29 is 4.39 Å². The molecular weight excluding hydrogens is 239 g/mol. The highest BCUT2D eigenvalue weighted by Gasteiger charge is 2.23. The lowest BCUT2D eigenvalue weighted by molar-refractivity contribution is 0.264. The molecule has 1 aromatic carbocycles. The first-order valence-corrected chi connectivity index (χ1v) is 6.94. The van der Waals surface area contributed by atoms with Crippen LogP contribution in [0.15, 0.2) is 18.2 Å². The van der Waals surface area contributed by atoms with Crippen molar-refractivity contribution in [2.45, 2.75) is 32.9 Å². The lowest BCUT2D eigenvalue weighted by Crippen LogP contribution is -2.31. The summed E-state index contributed by atoms with van der Waals surface area (Å²) >= 11 is 0. The minimum Gasteiger partial charge on any atom is -0.305 e. The smallest absolute Gasteiger partial charge is 0.123 e. The standard InChI is InChI=1S/C16H24FN2/c1-12(2)14-7-13(8-15(17)9-14)10-19-6-5-16(11-19)18(3)4/h7-9,16H,5-6,10-11H2,1-4H3. The maximum Gasteiger partial charge on any atom is 0.123 e. The van der Waals surface area contributed by atoms with E-state index >= 15 is 0 Å². The fourth-order valence-electron chi connectivity index (χ4n) is 2.67. The van der Waals surface area contributed by atoms with Gasteiger partial charge in [0.2, 0.25) is 0 Å². The highest BCUT2D eigenvalue weighted by atomic mass is 19.1. The number of nitrogens with zero attached hydrogens (tertiary/aromatic N) is 2. The molecule has 1 saturated heterocycles. The fraction of sp³-hybridized carbons (Fsp3) is 0.562. The molecule has 0 aromatic heterocycles. The van der Waals surface area contributed by atoms with E-state index in [0.29, 0.717) is 6.04 Å². The van der Waals surface area contributed by atoms with Crippen molar-refractivity contribution in [3.63, 3.8) is 0 Å². The van der Waals surface area contributed by atoms with Crippen LogP contribution in [-0.4, -0.2) is 43.0 Å². The molecule has 0 N–H and O–H groups in total. The average Bonchev–Trinajstić information content (AvgIpc) is 2.76. The molecule has 0 aliphatic carbocycles. The molecule has 105 valence electrons. The summed E-state index contributed by atoms with van der Waals surface area (Å²) in [5.41, 5.74) is 2.09. The van der Waals surface area contributed by atoms with Gasteiger partial charge in [-0.15, -0.1) is 0 Å². The summed E-state index contributed by atoms with van der Waals surface area (Å²) in [4.78, 5) is 4.69. The van der Waals surface area contributed by atoms with Crippen LogP contribution in [0.5, 0.6) is 0 Å². The molecule has 3 heteroatoms. The molecular formula is C16H24FN2. The number of rotatable bonds is 4. The molecule has 1 atom stereocenters. The maximum atomic E-state index is 13.6. The molecule has 0 bridgehead atoms. The Hall–Kier alpha value is -0.930. The van der Waals surface area contributed by atoms with Crippen molar-refractivity contribution in [1.82, 2.24) is 9.80 Å². The molecule has 0 amide bonds. The Morgan fingerprint density at radius 2 is 2.05 bits per heavy atom. The van der Waals surface area contributed by atoms with Gasteiger partial charge in [-0.3, -0.25) is 4.90 Å². The van der Waals surface area contributed by atoms with Crippen molar-refractivity contribution in [2.75, 3.05) is 27.2 Å². The quantitative estimate of drug-likeness (QED) is 0.824. The van der Waals surface area contributed by atoms with E-state index in [0.717, 1.165) is 36.7 Å². The number of benzene rings is 1. The average molecular weight is 263 g/mol. The van der Waals surface area contributed by atoms with Crippen LogP contribution in [0.4, 0.5) is 4.39 Å². The second-order valence-corrected chi connectivity index (χ2v) is 5.99. The van der Waals surface area contributed by atoms with E-state index in [-0.39, 0.29) is 5.82 Å². The van der Waals surface area contributed by atoms with Crippen LogP contribution in [0.2, 0.25) is 0 Å². The minimum absolute atomic E-state index is 0.128. The van der Waals surface area contributed by atoms with Gasteiger partial charge in [-0.2, -0.15) is 0 Å². The first kappa shape index (κ1) is 14.5. The summed E-state index contributed by atoms with van der Waals surface area (Å²) in [6.45, 7) is 7.08. The zero-order valence-electron chi connectivity index (χ0n) is 12.4. The number of likely N-dealkylation sites (N-methyl/N-ethyl adjacent to an activating group) is 1. The molecule has 2 nitrogen and oxygen atoms in total. The van der Waals surface area contributed by atoms with Crippen LogP contribution >= 0.6 is 0 Å². The van der Waals surface area contributed by atoms with Gasteiger partial charge in [-0.25, -0.2) is 4.39 Å². The first-order valence-electron chi connectivity index (χ1n) is 6.94. The van der Waals surface area contributed by atoms with Crippen LogP contribution in [0, 0.1) is 11.7 Å². The highest BCUT2D eigenvalue weighted by molar-refractivity contribution is 5.33. The van der Waals surface area contributed by atoms with E-state index in [1.54, 1.807) is 12.1 Å². The molecule has 1 fully saturated rings. The number of likely N-dealkylation sites (tertiary alicyclic amines) is 1.